The summed E-state index contributed by atoms with van der Waals surface area (Å²) in [6.45, 7) is 22.7. The summed E-state index contributed by atoms with van der Waals surface area (Å²) in [5, 5.41) is 0. The lowest BCUT2D eigenvalue weighted by Gasteiger charge is -2.43. The highest BCUT2D eigenvalue weighted by molar-refractivity contribution is 7.99. The number of anilines is 3. The SMILES string of the molecule is Cc1cc(C2CCN(C3(C)CCN(C(=O)OC(C)(C)C)C3)CC2)cc2c1OC(C)c1c(N3CCSCC3)ncnc1N2C(=O)OC(C)(C)C. The van der Waals surface area contributed by atoms with E-state index in [9.17, 15) is 9.59 Å². The summed E-state index contributed by atoms with van der Waals surface area (Å²) in [5.41, 5.74) is 2.32. The third-order valence-electron chi connectivity index (χ3n) is 9.99. The van der Waals surface area contributed by atoms with Crippen LogP contribution in [0.2, 0.25) is 0 Å². The molecule has 1 aromatic heterocycles. The molecule has 0 N–H and O–H groups in total. The van der Waals surface area contributed by atoms with Gasteiger partial charge in [-0.1, -0.05) is 6.07 Å². The number of fused-ring (bicyclic) bond motifs is 2. The Hall–Kier alpha value is -3.25. The molecule has 6 rings (SSSR count). The number of likely N-dealkylation sites (tertiary alicyclic amines) is 2. The number of nitrogens with zero attached hydrogens (tertiary/aromatic N) is 6. The van der Waals surface area contributed by atoms with Gasteiger partial charge in [-0.25, -0.2) is 24.5 Å². The Morgan fingerprint density at radius 1 is 0.918 bits per heavy atom. The Morgan fingerprint density at radius 2 is 1.55 bits per heavy atom. The van der Waals surface area contributed by atoms with E-state index >= 15 is 0 Å². The van der Waals surface area contributed by atoms with E-state index in [-0.39, 0.29) is 17.7 Å². The summed E-state index contributed by atoms with van der Waals surface area (Å²) in [4.78, 5) is 44.8. The third-order valence-corrected chi connectivity index (χ3v) is 10.9. The summed E-state index contributed by atoms with van der Waals surface area (Å²) in [6.07, 6.45) is 3.33. The van der Waals surface area contributed by atoms with Gasteiger partial charge in [0.1, 0.15) is 35.2 Å². The second-order valence-corrected chi connectivity index (χ2v) is 17.4. The van der Waals surface area contributed by atoms with Crippen LogP contribution in [-0.4, -0.2) is 99.5 Å². The highest BCUT2D eigenvalue weighted by Gasteiger charge is 2.44. The van der Waals surface area contributed by atoms with Gasteiger partial charge in [-0.3, -0.25) is 4.90 Å². The predicted molar refractivity (Wildman–Crippen MR) is 195 cm³/mol. The summed E-state index contributed by atoms with van der Waals surface area (Å²) in [5.74, 6) is 4.34. The Labute approximate surface area is 296 Å². The topological polar surface area (TPSA) is 101 Å². The second kappa shape index (κ2) is 13.5. The lowest BCUT2D eigenvalue weighted by atomic mass is 9.85. The zero-order chi connectivity index (χ0) is 35.3. The number of aromatic nitrogens is 2. The van der Waals surface area contributed by atoms with Crippen LogP contribution in [0.25, 0.3) is 0 Å². The van der Waals surface area contributed by atoms with Crippen LogP contribution in [0.1, 0.15) is 103 Å². The molecule has 12 heteroatoms. The number of piperidine rings is 1. The van der Waals surface area contributed by atoms with Gasteiger partial charge in [0.25, 0.3) is 0 Å². The van der Waals surface area contributed by atoms with Crippen LogP contribution in [0, 0.1) is 6.92 Å². The van der Waals surface area contributed by atoms with Gasteiger partial charge in [-0.15, -0.1) is 0 Å². The molecule has 3 saturated heterocycles. The van der Waals surface area contributed by atoms with Gasteiger partial charge < -0.3 is 24.0 Å². The van der Waals surface area contributed by atoms with Crippen LogP contribution >= 0.6 is 11.8 Å². The molecule has 0 saturated carbocycles. The van der Waals surface area contributed by atoms with Crippen LogP contribution in [0.5, 0.6) is 5.75 Å². The number of hydrogen-bond donors (Lipinski definition) is 0. The Morgan fingerprint density at radius 3 is 2.20 bits per heavy atom. The van der Waals surface area contributed by atoms with Crippen molar-refractivity contribution in [2.24, 2.45) is 0 Å². The first-order valence-electron chi connectivity index (χ1n) is 17.8. The van der Waals surface area contributed by atoms with Gasteiger partial charge in [-0.05, 0) is 118 Å². The first-order chi connectivity index (χ1) is 23.0. The monoisotopic (exact) mass is 694 g/mol. The minimum atomic E-state index is -0.703. The molecule has 5 heterocycles. The molecule has 0 spiro atoms. The van der Waals surface area contributed by atoms with Gasteiger partial charge >= 0.3 is 12.2 Å². The fourth-order valence-electron chi connectivity index (χ4n) is 7.56. The average Bonchev–Trinajstić information content (AvgIpc) is 3.38. The largest absolute Gasteiger partial charge is 0.483 e. The molecule has 268 valence electrons. The number of aryl methyl sites for hydroxylation is 1. The van der Waals surface area contributed by atoms with E-state index in [1.54, 1.807) is 11.2 Å². The zero-order valence-electron chi connectivity index (χ0n) is 30.8. The minimum absolute atomic E-state index is 0.0861. The molecule has 2 atom stereocenters. The molecule has 49 heavy (non-hydrogen) atoms. The van der Waals surface area contributed by atoms with Crippen LogP contribution < -0.4 is 14.5 Å². The highest BCUT2D eigenvalue weighted by Crippen LogP contribution is 2.49. The fraction of sp³-hybridized carbons (Fsp3) is 0.676. The molecule has 0 aliphatic carbocycles. The van der Waals surface area contributed by atoms with Crippen LogP contribution in [-0.2, 0) is 9.47 Å². The van der Waals surface area contributed by atoms with Crippen LogP contribution in [0.4, 0.5) is 26.9 Å². The van der Waals surface area contributed by atoms with Crippen molar-refractivity contribution >= 4 is 41.3 Å². The molecule has 0 bridgehead atoms. The molecule has 11 nitrogen and oxygen atoms in total. The normalized spacial score (nSPS) is 23.8. The molecule has 4 aliphatic heterocycles. The van der Waals surface area contributed by atoms with Crippen molar-refractivity contribution in [2.45, 2.75) is 110 Å². The summed E-state index contributed by atoms with van der Waals surface area (Å²) in [6, 6.07) is 4.35. The minimum Gasteiger partial charge on any atom is -0.483 e. The van der Waals surface area contributed by atoms with E-state index < -0.39 is 17.3 Å². The zero-order valence-corrected chi connectivity index (χ0v) is 31.6. The lowest BCUT2D eigenvalue weighted by molar-refractivity contribution is 0.0229. The van der Waals surface area contributed by atoms with Crippen LogP contribution in [0.15, 0.2) is 18.5 Å². The molecular weight excluding hydrogens is 641 g/mol. The number of amides is 2. The summed E-state index contributed by atoms with van der Waals surface area (Å²) < 4.78 is 18.5. The number of carbonyl (C=O) groups excluding carboxylic acids is 2. The van der Waals surface area contributed by atoms with Crippen LogP contribution in [0.3, 0.4) is 0 Å². The van der Waals surface area contributed by atoms with E-state index in [4.69, 9.17) is 24.2 Å². The van der Waals surface area contributed by atoms with Crippen molar-refractivity contribution in [1.82, 2.24) is 19.8 Å². The number of carbonyl (C=O) groups is 2. The summed E-state index contributed by atoms with van der Waals surface area (Å²) >= 11 is 1.94. The number of benzene rings is 1. The quantitative estimate of drug-likeness (QED) is 0.322. The summed E-state index contributed by atoms with van der Waals surface area (Å²) in [7, 11) is 0. The van der Waals surface area contributed by atoms with Crippen molar-refractivity contribution in [3.8, 4) is 5.75 Å². The smallest absolute Gasteiger partial charge is 0.420 e. The Balaban J connectivity index is 1.29. The van der Waals surface area contributed by atoms with E-state index in [0.717, 1.165) is 73.9 Å². The maximum absolute atomic E-state index is 14.2. The molecule has 4 aliphatic rings. The number of rotatable bonds is 3. The van der Waals surface area contributed by atoms with Gasteiger partial charge in [0.05, 0.1) is 11.3 Å². The Kier molecular flexibility index (Phi) is 9.78. The molecule has 0 radical (unpaired) electrons. The average molecular weight is 695 g/mol. The molecule has 2 unspecified atom stereocenters. The van der Waals surface area contributed by atoms with Crippen molar-refractivity contribution in [1.29, 1.82) is 0 Å². The molecule has 1 aromatic carbocycles. The first-order valence-corrected chi connectivity index (χ1v) is 18.9. The van der Waals surface area contributed by atoms with Gasteiger partial charge in [0.15, 0.2) is 5.82 Å². The van der Waals surface area contributed by atoms with E-state index in [1.807, 2.05) is 65.1 Å². The standard InChI is InChI=1S/C37H54N6O5S/c1-24-20-27(26-10-13-42(14-11-26)37(9)12-15-41(22-37)33(44)47-35(3,4)5)21-28-30(24)46-25(2)29-31(40-16-18-49-19-17-40)38-23-39-32(29)43(28)34(45)48-36(6,7)8/h20-21,23,25-26H,10-19,22H2,1-9H3. The van der Waals surface area contributed by atoms with Gasteiger partial charge in [0.2, 0.25) is 0 Å². The van der Waals surface area contributed by atoms with E-state index in [0.29, 0.717) is 36.3 Å². The number of hydrogen-bond acceptors (Lipinski definition) is 10. The van der Waals surface area contributed by atoms with Gasteiger partial charge in [0, 0.05) is 43.2 Å². The van der Waals surface area contributed by atoms with Crippen molar-refractivity contribution in [2.75, 3.05) is 60.6 Å². The van der Waals surface area contributed by atoms with Crippen molar-refractivity contribution in [3.05, 3.63) is 35.2 Å². The molecular formula is C37H54N6O5S. The maximum atomic E-state index is 14.2. The maximum Gasteiger partial charge on any atom is 0.420 e. The van der Waals surface area contributed by atoms with E-state index in [1.165, 1.54) is 5.56 Å². The molecule has 2 aromatic rings. The first kappa shape index (κ1) is 35.6. The van der Waals surface area contributed by atoms with E-state index in [2.05, 4.69) is 35.8 Å². The van der Waals surface area contributed by atoms with Crippen molar-refractivity contribution < 1.29 is 23.8 Å². The predicted octanol–water partition coefficient (Wildman–Crippen LogP) is 7.44. The Bertz CT molecular complexity index is 1560. The fourth-order valence-corrected chi connectivity index (χ4v) is 8.47. The molecule has 2 amide bonds. The molecule has 3 fully saturated rings. The second-order valence-electron chi connectivity index (χ2n) is 16.2. The van der Waals surface area contributed by atoms with Crippen molar-refractivity contribution in [3.63, 3.8) is 0 Å². The highest BCUT2D eigenvalue weighted by atomic mass is 32.2. The van der Waals surface area contributed by atoms with Gasteiger partial charge in [-0.2, -0.15) is 11.8 Å². The lowest BCUT2D eigenvalue weighted by Crippen LogP contribution is -2.52. The number of ether oxygens (including phenoxy) is 3. The number of thioether (sulfide) groups is 1. The third kappa shape index (κ3) is 7.60.